The summed E-state index contributed by atoms with van der Waals surface area (Å²) in [6.07, 6.45) is 0.879. The third-order valence-electron chi connectivity index (χ3n) is 5.11. The van der Waals surface area contributed by atoms with Gasteiger partial charge in [0.05, 0.1) is 17.8 Å². The molecule has 0 spiro atoms. The molecule has 1 heterocycles. The van der Waals surface area contributed by atoms with Gasteiger partial charge in [-0.1, -0.05) is 45.8 Å². The zero-order valence-corrected chi connectivity index (χ0v) is 19.3. The molecule has 2 aromatic carbocycles. The number of benzene rings is 2. The standard InChI is InChI=1S/C23H27BrN4O3/c1-15-3-5-17(6-4-15)13-28-10-9-19(14-28)27-22(30)12-25-23(31)20-11-18(24)7-8-21(20)26-16(2)29/h3-8,11,19H,9-10,12-14H2,1-2H3,(H,25,31)(H,26,29)(H,27,30)/t19-/m1/s1. The van der Waals surface area contributed by atoms with E-state index in [-0.39, 0.29) is 24.4 Å². The number of halogens is 1. The largest absolute Gasteiger partial charge is 0.350 e. The van der Waals surface area contributed by atoms with Crippen molar-refractivity contribution in [1.29, 1.82) is 0 Å². The first-order chi connectivity index (χ1) is 14.8. The molecule has 7 nitrogen and oxygen atoms in total. The lowest BCUT2D eigenvalue weighted by atomic mass is 10.1. The van der Waals surface area contributed by atoms with Crippen molar-refractivity contribution in [2.24, 2.45) is 0 Å². The molecule has 3 rings (SSSR count). The predicted molar refractivity (Wildman–Crippen MR) is 124 cm³/mol. The number of hydrogen-bond donors (Lipinski definition) is 3. The Morgan fingerprint density at radius 1 is 1.13 bits per heavy atom. The molecule has 0 aliphatic carbocycles. The van der Waals surface area contributed by atoms with Crippen LogP contribution in [-0.4, -0.2) is 48.3 Å². The van der Waals surface area contributed by atoms with Crippen LogP contribution in [0.5, 0.6) is 0 Å². The molecule has 0 radical (unpaired) electrons. The second kappa shape index (κ2) is 10.5. The molecule has 1 aliphatic heterocycles. The van der Waals surface area contributed by atoms with E-state index in [9.17, 15) is 14.4 Å². The Bertz CT molecular complexity index is 962. The highest BCUT2D eigenvalue weighted by Crippen LogP contribution is 2.21. The molecule has 3 N–H and O–H groups in total. The molecule has 31 heavy (non-hydrogen) atoms. The fraction of sp³-hybridized carbons (Fsp3) is 0.348. The Kier molecular flexibility index (Phi) is 7.81. The lowest BCUT2D eigenvalue weighted by molar-refractivity contribution is -0.120. The first kappa shape index (κ1) is 23.0. The Labute approximate surface area is 190 Å². The number of carbonyl (C=O) groups is 3. The minimum absolute atomic E-state index is 0.0654. The van der Waals surface area contributed by atoms with Gasteiger partial charge in [0.25, 0.3) is 5.91 Å². The summed E-state index contributed by atoms with van der Waals surface area (Å²) in [6, 6.07) is 13.5. The summed E-state index contributed by atoms with van der Waals surface area (Å²) < 4.78 is 0.704. The normalized spacial score (nSPS) is 16.0. The van der Waals surface area contributed by atoms with E-state index in [0.29, 0.717) is 15.7 Å². The Morgan fingerprint density at radius 2 is 1.87 bits per heavy atom. The molecule has 0 bridgehead atoms. The van der Waals surface area contributed by atoms with Crippen LogP contribution in [0, 0.1) is 6.92 Å². The second-order valence-corrected chi connectivity index (χ2v) is 8.74. The van der Waals surface area contributed by atoms with Crippen LogP contribution in [0.25, 0.3) is 0 Å². The van der Waals surface area contributed by atoms with Gasteiger partial charge in [-0.05, 0) is 37.1 Å². The maximum absolute atomic E-state index is 12.5. The summed E-state index contributed by atoms with van der Waals surface area (Å²) in [5.74, 6) is -0.926. The number of rotatable bonds is 7. The van der Waals surface area contributed by atoms with Gasteiger partial charge in [-0.3, -0.25) is 19.3 Å². The maximum atomic E-state index is 12.5. The molecule has 3 amide bonds. The van der Waals surface area contributed by atoms with Gasteiger partial charge in [0.2, 0.25) is 11.8 Å². The van der Waals surface area contributed by atoms with Crippen LogP contribution >= 0.6 is 15.9 Å². The first-order valence-corrected chi connectivity index (χ1v) is 11.0. The first-order valence-electron chi connectivity index (χ1n) is 10.2. The van der Waals surface area contributed by atoms with Crippen LogP contribution in [0.15, 0.2) is 46.9 Å². The molecule has 1 fully saturated rings. The van der Waals surface area contributed by atoms with Crippen molar-refractivity contribution in [3.63, 3.8) is 0 Å². The Hall–Kier alpha value is -2.71. The van der Waals surface area contributed by atoms with E-state index in [1.54, 1.807) is 18.2 Å². The molecule has 0 aromatic heterocycles. The number of amides is 3. The summed E-state index contributed by atoms with van der Waals surface area (Å²) in [5.41, 5.74) is 3.19. The monoisotopic (exact) mass is 486 g/mol. The van der Waals surface area contributed by atoms with Gasteiger partial charge in [0.1, 0.15) is 0 Å². The topological polar surface area (TPSA) is 90.5 Å². The zero-order chi connectivity index (χ0) is 22.4. The molecule has 164 valence electrons. The van der Waals surface area contributed by atoms with Gasteiger partial charge in [-0.2, -0.15) is 0 Å². The van der Waals surface area contributed by atoms with Crippen molar-refractivity contribution in [2.45, 2.75) is 32.9 Å². The number of aryl methyl sites for hydroxylation is 1. The van der Waals surface area contributed by atoms with E-state index in [4.69, 9.17) is 0 Å². The number of nitrogens with zero attached hydrogens (tertiary/aromatic N) is 1. The van der Waals surface area contributed by atoms with E-state index in [1.807, 2.05) is 0 Å². The lowest BCUT2D eigenvalue weighted by Crippen LogP contribution is -2.43. The fourth-order valence-corrected chi connectivity index (χ4v) is 3.94. The number of hydrogen-bond acceptors (Lipinski definition) is 4. The average Bonchev–Trinajstić information content (AvgIpc) is 3.15. The maximum Gasteiger partial charge on any atom is 0.253 e. The van der Waals surface area contributed by atoms with Crippen LogP contribution < -0.4 is 16.0 Å². The predicted octanol–water partition coefficient (Wildman–Crippen LogP) is 2.84. The van der Waals surface area contributed by atoms with Gasteiger partial charge in [0.15, 0.2) is 0 Å². The van der Waals surface area contributed by atoms with Crippen LogP contribution in [0.3, 0.4) is 0 Å². The third kappa shape index (κ3) is 6.90. The van der Waals surface area contributed by atoms with E-state index < -0.39 is 5.91 Å². The van der Waals surface area contributed by atoms with Crippen LogP contribution in [-0.2, 0) is 16.1 Å². The summed E-state index contributed by atoms with van der Waals surface area (Å²) in [4.78, 5) is 38.6. The Balaban J connectivity index is 1.47. The van der Waals surface area contributed by atoms with Crippen molar-refractivity contribution in [2.75, 3.05) is 25.0 Å². The number of anilines is 1. The number of likely N-dealkylation sites (tertiary alicyclic amines) is 1. The third-order valence-corrected chi connectivity index (χ3v) is 5.60. The summed E-state index contributed by atoms with van der Waals surface area (Å²) in [7, 11) is 0. The summed E-state index contributed by atoms with van der Waals surface area (Å²) in [6.45, 7) is 5.88. The quantitative estimate of drug-likeness (QED) is 0.561. The average molecular weight is 487 g/mol. The van der Waals surface area contributed by atoms with Gasteiger partial charge in [0, 0.05) is 37.1 Å². The van der Waals surface area contributed by atoms with Crippen LogP contribution in [0.1, 0.15) is 34.8 Å². The van der Waals surface area contributed by atoms with Gasteiger partial charge < -0.3 is 16.0 Å². The molecule has 1 atom stereocenters. The van der Waals surface area contributed by atoms with Crippen molar-refractivity contribution >= 4 is 39.3 Å². The highest BCUT2D eigenvalue weighted by Gasteiger charge is 2.24. The summed E-state index contributed by atoms with van der Waals surface area (Å²) in [5, 5.41) is 8.26. The molecule has 1 aliphatic rings. The zero-order valence-electron chi connectivity index (χ0n) is 17.7. The van der Waals surface area contributed by atoms with Gasteiger partial charge in [-0.25, -0.2) is 0 Å². The summed E-state index contributed by atoms with van der Waals surface area (Å²) >= 11 is 3.33. The van der Waals surface area contributed by atoms with Crippen molar-refractivity contribution in [1.82, 2.24) is 15.5 Å². The minimum atomic E-state index is -0.424. The van der Waals surface area contributed by atoms with Crippen molar-refractivity contribution in [3.05, 3.63) is 63.6 Å². The Morgan fingerprint density at radius 3 is 2.58 bits per heavy atom. The number of carbonyl (C=O) groups excluding carboxylic acids is 3. The van der Waals surface area contributed by atoms with Gasteiger partial charge >= 0.3 is 0 Å². The fourth-order valence-electron chi connectivity index (χ4n) is 3.58. The van der Waals surface area contributed by atoms with E-state index >= 15 is 0 Å². The SMILES string of the molecule is CC(=O)Nc1ccc(Br)cc1C(=O)NCC(=O)N[C@@H]1CCN(Cc2ccc(C)cc2)C1. The molecule has 0 unspecified atom stereocenters. The van der Waals surface area contributed by atoms with Crippen molar-refractivity contribution in [3.8, 4) is 0 Å². The minimum Gasteiger partial charge on any atom is -0.350 e. The van der Waals surface area contributed by atoms with E-state index in [1.165, 1.54) is 18.1 Å². The lowest BCUT2D eigenvalue weighted by Gasteiger charge is -2.17. The smallest absolute Gasteiger partial charge is 0.253 e. The van der Waals surface area contributed by atoms with E-state index in [0.717, 1.165) is 26.1 Å². The molecule has 2 aromatic rings. The van der Waals surface area contributed by atoms with Crippen LogP contribution in [0.2, 0.25) is 0 Å². The van der Waals surface area contributed by atoms with Crippen molar-refractivity contribution < 1.29 is 14.4 Å². The van der Waals surface area contributed by atoms with Crippen LogP contribution in [0.4, 0.5) is 5.69 Å². The van der Waals surface area contributed by atoms with E-state index in [2.05, 4.69) is 68.0 Å². The molecule has 8 heteroatoms. The highest BCUT2D eigenvalue weighted by molar-refractivity contribution is 9.10. The van der Waals surface area contributed by atoms with Gasteiger partial charge in [-0.15, -0.1) is 0 Å². The second-order valence-electron chi connectivity index (χ2n) is 7.83. The molecule has 1 saturated heterocycles. The molecular formula is C23H27BrN4O3. The molecule has 0 saturated carbocycles. The highest BCUT2D eigenvalue weighted by atomic mass is 79.9. The molecular weight excluding hydrogens is 460 g/mol. The number of nitrogens with one attached hydrogen (secondary N) is 3.